The molecule has 0 aliphatic carbocycles. The second-order valence-corrected chi connectivity index (χ2v) is 4.78. The number of rotatable bonds is 4. The molecule has 0 unspecified atom stereocenters. The third-order valence-electron chi connectivity index (χ3n) is 3.02. The van der Waals surface area contributed by atoms with Crippen LogP contribution in [0.1, 0.15) is 11.5 Å². The number of nitrogens with one attached hydrogen (secondary N) is 1. The largest absolute Gasteiger partial charge is 0.419 e. The lowest BCUT2D eigenvalue weighted by Crippen LogP contribution is -2.14. The monoisotopic (exact) mass is 313 g/mol. The molecule has 0 saturated carbocycles. The number of aromatic nitrogens is 4. The first kappa shape index (κ1) is 14.8. The molecule has 3 aromatic rings. The van der Waals surface area contributed by atoms with E-state index in [2.05, 4.69) is 25.5 Å². The molecule has 2 heterocycles. The molecule has 0 aliphatic heterocycles. The Morgan fingerprint density at radius 3 is 2.91 bits per heavy atom. The van der Waals surface area contributed by atoms with Crippen LogP contribution in [-0.4, -0.2) is 26.1 Å². The summed E-state index contributed by atoms with van der Waals surface area (Å²) in [4.78, 5) is 19.9. The van der Waals surface area contributed by atoms with Crippen LogP contribution in [0.25, 0.3) is 11.6 Å². The first-order chi connectivity index (χ1) is 11.1. The van der Waals surface area contributed by atoms with Crippen LogP contribution in [0.4, 0.5) is 10.1 Å². The Balaban J connectivity index is 1.66. The van der Waals surface area contributed by atoms with Crippen molar-refractivity contribution < 1.29 is 13.6 Å². The predicted molar refractivity (Wildman–Crippen MR) is 78.8 cm³/mol. The van der Waals surface area contributed by atoms with Crippen molar-refractivity contribution in [2.24, 2.45) is 0 Å². The molecule has 0 atom stereocenters. The average Bonchev–Trinajstić information content (AvgIpc) is 3.00. The van der Waals surface area contributed by atoms with Crippen LogP contribution in [-0.2, 0) is 11.2 Å². The summed E-state index contributed by atoms with van der Waals surface area (Å²) in [7, 11) is 0. The zero-order chi connectivity index (χ0) is 16.2. The van der Waals surface area contributed by atoms with Crippen LogP contribution >= 0.6 is 0 Å². The van der Waals surface area contributed by atoms with Crippen molar-refractivity contribution in [3.63, 3.8) is 0 Å². The Morgan fingerprint density at radius 1 is 1.30 bits per heavy atom. The van der Waals surface area contributed by atoms with E-state index in [9.17, 15) is 9.18 Å². The zero-order valence-corrected chi connectivity index (χ0v) is 12.2. The minimum absolute atomic E-state index is 0.122. The fourth-order valence-electron chi connectivity index (χ4n) is 1.85. The maximum atomic E-state index is 13.4. The molecule has 2 aromatic heterocycles. The summed E-state index contributed by atoms with van der Waals surface area (Å²) in [5, 5.41) is 10.2. The molecule has 1 aromatic carbocycles. The van der Waals surface area contributed by atoms with E-state index in [0.717, 1.165) is 0 Å². The van der Waals surface area contributed by atoms with Gasteiger partial charge >= 0.3 is 0 Å². The summed E-state index contributed by atoms with van der Waals surface area (Å²) in [6.07, 6.45) is 4.38. The van der Waals surface area contributed by atoms with Crippen LogP contribution in [0.3, 0.4) is 0 Å². The van der Waals surface area contributed by atoms with Crippen molar-refractivity contribution in [1.29, 1.82) is 0 Å². The van der Waals surface area contributed by atoms with Crippen molar-refractivity contribution >= 4 is 11.6 Å². The van der Waals surface area contributed by atoms with Gasteiger partial charge in [0, 0.05) is 18.1 Å². The van der Waals surface area contributed by atoms with Gasteiger partial charge in [-0.05, 0) is 24.6 Å². The first-order valence-electron chi connectivity index (χ1n) is 6.76. The van der Waals surface area contributed by atoms with Crippen LogP contribution in [0, 0.1) is 12.7 Å². The quantitative estimate of drug-likeness (QED) is 0.793. The number of halogens is 1. The second kappa shape index (κ2) is 6.30. The van der Waals surface area contributed by atoms with Gasteiger partial charge in [0.15, 0.2) is 0 Å². The summed E-state index contributed by atoms with van der Waals surface area (Å²) in [5.41, 5.74) is 1.30. The highest BCUT2D eigenvalue weighted by atomic mass is 19.1. The number of aryl methyl sites for hydroxylation is 1. The van der Waals surface area contributed by atoms with Gasteiger partial charge in [-0.1, -0.05) is 6.07 Å². The molecule has 0 bridgehead atoms. The van der Waals surface area contributed by atoms with Crippen molar-refractivity contribution in [2.45, 2.75) is 13.3 Å². The van der Waals surface area contributed by atoms with Gasteiger partial charge in [0.25, 0.3) is 5.89 Å². The highest BCUT2D eigenvalue weighted by molar-refractivity contribution is 5.91. The molecule has 23 heavy (non-hydrogen) atoms. The van der Waals surface area contributed by atoms with Gasteiger partial charge in [-0.15, -0.1) is 10.2 Å². The molecule has 1 N–H and O–H groups in total. The number of carbonyl (C=O) groups excluding carboxylic acids is 1. The van der Waals surface area contributed by atoms with Gasteiger partial charge in [-0.3, -0.25) is 9.78 Å². The van der Waals surface area contributed by atoms with E-state index in [1.165, 1.54) is 24.7 Å². The normalized spacial score (nSPS) is 10.5. The van der Waals surface area contributed by atoms with Gasteiger partial charge in [-0.2, -0.15) is 0 Å². The minimum atomic E-state index is -0.386. The first-order valence-corrected chi connectivity index (χ1v) is 6.76. The molecule has 0 aliphatic rings. The molecule has 3 rings (SSSR count). The average molecular weight is 313 g/mol. The topological polar surface area (TPSA) is 93.8 Å². The number of hydrogen-bond acceptors (Lipinski definition) is 6. The third kappa shape index (κ3) is 3.54. The van der Waals surface area contributed by atoms with E-state index in [0.29, 0.717) is 16.9 Å². The lowest BCUT2D eigenvalue weighted by Gasteiger charge is -2.04. The van der Waals surface area contributed by atoms with E-state index in [4.69, 9.17) is 4.42 Å². The number of hydrogen-bond donors (Lipinski definition) is 1. The fourth-order valence-corrected chi connectivity index (χ4v) is 1.85. The SMILES string of the molecule is Cc1ccc(NC(=O)Cc2nnc(-c3cnccn3)o2)cc1F. The van der Waals surface area contributed by atoms with E-state index >= 15 is 0 Å². The number of benzene rings is 1. The highest BCUT2D eigenvalue weighted by Gasteiger charge is 2.13. The maximum Gasteiger partial charge on any atom is 0.267 e. The summed E-state index contributed by atoms with van der Waals surface area (Å²) >= 11 is 0. The smallest absolute Gasteiger partial charge is 0.267 e. The van der Waals surface area contributed by atoms with Gasteiger partial charge in [0.2, 0.25) is 11.8 Å². The zero-order valence-electron chi connectivity index (χ0n) is 12.2. The number of anilines is 1. The van der Waals surface area contributed by atoms with E-state index in [1.807, 2.05) is 0 Å². The van der Waals surface area contributed by atoms with Gasteiger partial charge in [-0.25, -0.2) is 9.37 Å². The summed E-state index contributed by atoms with van der Waals surface area (Å²) in [5.74, 6) is -0.453. The van der Waals surface area contributed by atoms with Crippen LogP contribution in [0.15, 0.2) is 41.2 Å². The second-order valence-electron chi connectivity index (χ2n) is 4.78. The maximum absolute atomic E-state index is 13.4. The standard InChI is InChI=1S/C15H12FN5O2/c1-9-2-3-10(6-11(9)16)19-13(22)7-14-20-21-15(23-14)12-8-17-4-5-18-12/h2-6,8H,7H2,1H3,(H,19,22). The van der Waals surface area contributed by atoms with E-state index < -0.39 is 0 Å². The van der Waals surface area contributed by atoms with Crippen molar-refractivity contribution in [1.82, 2.24) is 20.2 Å². The summed E-state index contributed by atoms with van der Waals surface area (Å²) in [6, 6.07) is 4.46. The minimum Gasteiger partial charge on any atom is -0.419 e. The molecule has 7 nitrogen and oxygen atoms in total. The summed E-state index contributed by atoms with van der Waals surface area (Å²) < 4.78 is 18.8. The molecule has 0 fully saturated rings. The van der Waals surface area contributed by atoms with Crippen molar-refractivity contribution in [3.8, 4) is 11.6 Å². The number of nitrogens with zero attached hydrogens (tertiary/aromatic N) is 4. The molecular formula is C15H12FN5O2. The lowest BCUT2D eigenvalue weighted by atomic mass is 10.2. The molecule has 8 heteroatoms. The Kier molecular flexibility index (Phi) is 4.05. The molecule has 0 spiro atoms. The lowest BCUT2D eigenvalue weighted by molar-refractivity contribution is -0.115. The molecule has 0 saturated heterocycles. The van der Waals surface area contributed by atoms with Crippen LogP contribution in [0.2, 0.25) is 0 Å². The Labute approximate surface area is 130 Å². The van der Waals surface area contributed by atoms with E-state index in [-0.39, 0.29) is 29.9 Å². The summed E-state index contributed by atoms with van der Waals surface area (Å²) in [6.45, 7) is 1.65. The van der Waals surface area contributed by atoms with E-state index in [1.54, 1.807) is 19.1 Å². The molecule has 0 radical (unpaired) electrons. The predicted octanol–water partition coefficient (Wildman–Crippen LogP) is 2.16. The van der Waals surface area contributed by atoms with Gasteiger partial charge in [0.1, 0.15) is 17.9 Å². The molecular weight excluding hydrogens is 301 g/mol. The molecule has 116 valence electrons. The third-order valence-corrected chi connectivity index (χ3v) is 3.02. The highest BCUT2D eigenvalue weighted by Crippen LogP contribution is 2.16. The van der Waals surface area contributed by atoms with Gasteiger partial charge in [0.05, 0.1) is 6.20 Å². The van der Waals surface area contributed by atoms with Gasteiger partial charge < -0.3 is 9.73 Å². The number of carbonyl (C=O) groups is 1. The Hall–Kier alpha value is -3.16. The Bertz CT molecular complexity index is 835. The van der Waals surface area contributed by atoms with Crippen molar-refractivity contribution in [2.75, 3.05) is 5.32 Å². The van der Waals surface area contributed by atoms with Crippen molar-refractivity contribution in [3.05, 3.63) is 54.1 Å². The molecule has 1 amide bonds. The number of amides is 1. The van der Waals surface area contributed by atoms with Crippen LogP contribution < -0.4 is 5.32 Å². The Morgan fingerprint density at radius 2 is 2.17 bits per heavy atom. The fraction of sp³-hybridized carbons (Fsp3) is 0.133. The van der Waals surface area contributed by atoms with Crippen LogP contribution in [0.5, 0.6) is 0 Å².